The van der Waals surface area contributed by atoms with Crippen LogP contribution in [-0.2, 0) is 17.8 Å². The molecule has 0 bridgehead atoms. The maximum absolute atomic E-state index is 6.27. The first-order valence-corrected chi connectivity index (χ1v) is 12.2. The lowest BCUT2D eigenvalue weighted by Crippen LogP contribution is -2.47. The largest absolute Gasteiger partial charge is 0.457 e. The second-order valence-corrected chi connectivity index (χ2v) is 8.86. The number of hydrogen-bond donors (Lipinski definition) is 0. The van der Waals surface area contributed by atoms with Gasteiger partial charge in [0.25, 0.3) is 0 Å². The Bertz CT molecular complexity index is 974. The molecule has 0 N–H and O–H groups in total. The molecular formula is C28H33ClN2O2. The average Bonchev–Trinajstić information content (AvgIpc) is 2.85. The van der Waals surface area contributed by atoms with Crippen molar-refractivity contribution in [3.05, 3.63) is 95.0 Å². The summed E-state index contributed by atoms with van der Waals surface area (Å²) in [6.07, 6.45) is 2.19. The first-order chi connectivity index (χ1) is 16.3. The van der Waals surface area contributed by atoms with Gasteiger partial charge >= 0.3 is 0 Å². The van der Waals surface area contributed by atoms with Gasteiger partial charge in [-0.2, -0.15) is 0 Å². The Kier molecular flexibility index (Phi) is 9.19. The van der Waals surface area contributed by atoms with Crippen LogP contribution in [0.25, 0.3) is 0 Å². The van der Waals surface area contributed by atoms with E-state index in [1.165, 1.54) is 5.56 Å². The highest BCUT2D eigenvalue weighted by atomic mass is 35.5. The van der Waals surface area contributed by atoms with E-state index in [2.05, 4.69) is 28.0 Å². The molecule has 1 aliphatic rings. The van der Waals surface area contributed by atoms with Gasteiger partial charge in [-0.25, -0.2) is 0 Å². The number of piperazine rings is 1. The van der Waals surface area contributed by atoms with Crippen molar-refractivity contribution in [2.75, 3.05) is 45.9 Å². The van der Waals surface area contributed by atoms with E-state index in [0.717, 1.165) is 80.8 Å². The van der Waals surface area contributed by atoms with Gasteiger partial charge in [-0.15, -0.1) is 0 Å². The molecule has 4 nitrogen and oxygen atoms in total. The molecule has 174 valence electrons. The molecule has 0 unspecified atom stereocenters. The zero-order chi connectivity index (χ0) is 22.7. The van der Waals surface area contributed by atoms with Crippen LogP contribution in [0.4, 0.5) is 0 Å². The third-order valence-corrected chi connectivity index (χ3v) is 6.46. The summed E-state index contributed by atoms with van der Waals surface area (Å²) < 4.78 is 12.0. The summed E-state index contributed by atoms with van der Waals surface area (Å²) >= 11 is 6.27. The molecule has 4 rings (SSSR count). The fourth-order valence-corrected chi connectivity index (χ4v) is 4.37. The molecule has 0 radical (unpaired) electrons. The zero-order valence-corrected chi connectivity index (χ0v) is 19.9. The van der Waals surface area contributed by atoms with E-state index in [1.807, 2.05) is 60.7 Å². The Morgan fingerprint density at radius 2 is 1.33 bits per heavy atom. The summed E-state index contributed by atoms with van der Waals surface area (Å²) in [7, 11) is 0. The molecule has 0 aromatic heterocycles. The lowest BCUT2D eigenvalue weighted by molar-refractivity contribution is 0.0676. The summed E-state index contributed by atoms with van der Waals surface area (Å²) in [4.78, 5) is 5.06. The van der Waals surface area contributed by atoms with E-state index in [-0.39, 0.29) is 0 Å². The summed E-state index contributed by atoms with van der Waals surface area (Å²) in [5, 5.41) is 0.886. The molecule has 3 aromatic rings. The molecule has 0 spiro atoms. The molecule has 0 aliphatic carbocycles. The number of hydrogen-bond acceptors (Lipinski definition) is 4. The normalized spacial score (nSPS) is 14.9. The summed E-state index contributed by atoms with van der Waals surface area (Å²) in [5.74, 6) is 1.70. The van der Waals surface area contributed by atoms with Crippen LogP contribution in [0.2, 0.25) is 5.02 Å². The molecule has 0 atom stereocenters. The number of para-hydroxylation sites is 2. The number of benzene rings is 3. The van der Waals surface area contributed by atoms with Crippen molar-refractivity contribution < 1.29 is 9.47 Å². The highest BCUT2D eigenvalue weighted by Gasteiger charge is 2.16. The van der Waals surface area contributed by atoms with Gasteiger partial charge in [-0.05, 0) is 49.2 Å². The minimum absolute atomic E-state index is 0.561. The monoisotopic (exact) mass is 464 g/mol. The molecule has 1 fully saturated rings. The molecule has 1 heterocycles. The van der Waals surface area contributed by atoms with Gasteiger partial charge in [0, 0.05) is 43.3 Å². The second kappa shape index (κ2) is 12.8. The fraction of sp³-hybridized carbons (Fsp3) is 0.357. The van der Waals surface area contributed by atoms with Gasteiger partial charge < -0.3 is 14.4 Å². The predicted molar refractivity (Wildman–Crippen MR) is 135 cm³/mol. The van der Waals surface area contributed by atoms with Crippen molar-refractivity contribution in [2.45, 2.75) is 19.4 Å². The Morgan fingerprint density at radius 3 is 2.09 bits per heavy atom. The number of ether oxygens (including phenoxy) is 2. The van der Waals surface area contributed by atoms with E-state index in [1.54, 1.807) is 0 Å². The van der Waals surface area contributed by atoms with Gasteiger partial charge in [0.2, 0.25) is 0 Å². The number of aryl methyl sites for hydroxylation is 1. The van der Waals surface area contributed by atoms with Gasteiger partial charge in [0.15, 0.2) is 0 Å². The van der Waals surface area contributed by atoms with Crippen LogP contribution < -0.4 is 4.74 Å². The van der Waals surface area contributed by atoms with Crippen LogP contribution in [0.15, 0.2) is 78.9 Å². The summed E-state index contributed by atoms with van der Waals surface area (Å²) in [6.45, 7) is 7.83. The van der Waals surface area contributed by atoms with E-state index in [9.17, 15) is 0 Å². The van der Waals surface area contributed by atoms with Crippen molar-refractivity contribution >= 4 is 11.6 Å². The highest BCUT2D eigenvalue weighted by Crippen LogP contribution is 2.25. The average molecular weight is 465 g/mol. The smallest absolute Gasteiger partial charge is 0.132 e. The van der Waals surface area contributed by atoms with E-state index in [0.29, 0.717) is 6.61 Å². The third kappa shape index (κ3) is 7.58. The highest BCUT2D eigenvalue weighted by molar-refractivity contribution is 6.31. The predicted octanol–water partition coefficient (Wildman–Crippen LogP) is 5.90. The van der Waals surface area contributed by atoms with Crippen molar-refractivity contribution in [3.8, 4) is 11.5 Å². The molecule has 0 saturated carbocycles. The number of halogens is 1. The standard InChI is InChI=1S/C28H33ClN2O2/c29-27-14-6-4-9-24(27)11-8-16-30-17-19-31(20-18-30)21-22-32-23-25-10-5-7-15-28(25)33-26-12-2-1-3-13-26/h1-7,9-10,12-15H,8,11,16-23H2. The maximum Gasteiger partial charge on any atom is 0.132 e. The van der Waals surface area contributed by atoms with Crippen molar-refractivity contribution in [2.24, 2.45) is 0 Å². The molecule has 1 saturated heterocycles. The van der Waals surface area contributed by atoms with Crippen LogP contribution >= 0.6 is 11.6 Å². The molecule has 1 aliphatic heterocycles. The number of nitrogens with zero attached hydrogens (tertiary/aromatic N) is 2. The van der Waals surface area contributed by atoms with Crippen molar-refractivity contribution in [1.29, 1.82) is 0 Å². The van der Waals surface area contributed by atoms with Crippen LogP contribution in [0.1, 0.15) is 17.5 Å². The minimum atomic E-state index is 0.561. The maximum atomic E-state index is 6.27. The molecule has 0 amide bonds. The van der Waals surface area contributed by atoms with E-state index >= 15 is 0 Å². The second-order valence-electron chi connectivity index (χ2n) is 8.45. The molecule has 3 aromatic carbocycles. The van der Waals surface area contributed by atoms with Crippen LogP contribution in [0.3, 0.4) is 0 Å². The van der Waals surface area contributed by atoms with Gasteiger partial charge in [-0.3, -0.25) is 4.90 Å². The SMILES string of the molecule is Clc1ccccc1CCCN1CCN(CCOCc2ccccc2Oc2ccccc2)CC1. The van der Waals surface area contributed by atoms with Gasteiger partial charge in [0.05, 0.1) is 13.2 Å². The van der Waals surface area contributed by atoms with E-state index in [4.69, 9.17) is 21.1 Å². The van der Waals surface area contributed by atoms with Crippen LogP contribution in [0, 0.1) is 0 Å². The van der Waals surface area contributed by atoms with Crippen LogP contribution in [-0.4, -0.2) is 55.7 Å². The topological polar surface area (TPSA) is 24.9 Å². The fourth-order valence-electron chi connectivity index (χ4n) is 4.14. The zero-order valence-electron chi connectivity index (χ0n) is 19.2. The summed E-state index contributed by atoms with van der Waals surface area (Å²) in [5.41, 5.74) is 2.33. The van der Waals surface area contributed by atoms with E-state index < -0.39 is 0 Å². The first-order valence-electron chi connectivity index (χ1n) is 11.8. The molecule has 5 heteroatoms. The van der Waals surface area contributed by atoms with Gasteiger partial charge in [-0.1, -0.05) is 66.2 Å². The Balaban J connectivity index is 1.12. The Hall–Kier alpha value is -2.37. The summed E-state index contributed by atoms with van der Waals surface area (Å²) in [6, 6.07) is 26.1. The number of rotatable bonds is 11. The van der Waals surface area contributed by atoms with Crippen LogP contribution in [0.5, 0.6) is 11.5 Å². The Labute approximate surface area is 202 Å². The lowest BCUT2D eigenvalue weighted by atomic mass is 10.1. The Morgan fingerprint density at radius 1 is 0.697 bits per heavy atom. The minimum Gasteiger partial charge on any atom is -0.457 e. The quantitative estimate of drug-likeness (QED) is 0.330. The van der Waals surface area contributed by atoms with Crippen molar-refractivity contribution in [1.82, 2.24) is 9.80 Å². The first kappa shape index (κ1) is 23.8. The third-order valence-electron chi connectivity index (χ3n) is 6.10. The lowest BCUT2D eigenvalue weighted by Gasteiger charge is -2.34. The van der Waals surface area contributed by atoms with Crippen molar-refractivity contribution in [3.63, 3.8) is 0 Å². The molecular weight excluding hydrogens is 432 g/mol. The van der Waals surface area contributed by atoms with Gasteiger partial charge in [0.1, 0.15) is 11.5 Å². The molecule has 33 heavy (non-hydrogen) atoms.